The molecule has 0 bridgehead atoms. The molecule has 3 rings (SSSR count). The molecule has 0 unspecified atom stereocenters. The third kappa shape index (κ3) is 4.14. The highest BCUT2D eigenvalue weighted by Crippen LogP contribution is 2.25. The largest absolute Gasteiger partial charge is 0.386 e. The third-order valence-corrected chi connectivity index (χ3v) is 4.61. The van der Waals surface area contributed by atoms with Crippen molar-refractivity contribution in [2.24, 2.45) is 0 Å². The van der Waals surface area contributed by atoms with E-state index in [1.54, 1.807) is 30.5 Å². The van der Waals surface area contributed by atoms with Crippen molar-refractivity contribution in [3.63, 3.8) is 0 Å². The van der Waals surface area contributed by atoms with Gasteiger partial charge in [-0.05, 0) is 31.9 Å². The Morgan fingerprint density at radius 1 is 1.32 bits per heavy atom. The van der Waals surface area contributed by atoms with E-state index in [0.717, 1.165) is 24.3 Å². The minimum Gasteiger partial charge on any atom is -0.386 e. The Balaban J connectivity index is 1.68. The number of anilines is 1. The summed E-state index contributed by atoms with van der Waals surface area (Å²) in [6.07, 6.45) is 6.49. The van der Waals surface area contributed by atoms with Crippen LogP contribution in [0.3, 0.4) is 0 Å². The fraction of sp³-hybridized carbons (Fsp3) is 0.421. The van der Waals surface area contributed by atoms with E-state index in [1.807, 2.05) is 36.1 Å². The van der Waals surface area contributed by atoms with Crippen molar-refractivity contribution in [2.75, 3.05) is 31.6 Å². The van der Waals surface area contributed by atoms with Gasteiger partial charge < -0.3 is 14.9 Å². The molecule has 6 heteroatoms. The predicted molar refractivity (Wildman–Crippen MR) is 96.6 cm³/mol. The molecule has 1 aromatic heterocycles. The van der Waals surface area contributed by atoms with Gasteiger partial charge in [0.2, 0.25) is 0 Å². The maximum absolute atomic E-state index is 12.6. The van der Waals surface area contributed by atoms with E-state index in [-0.39, 0.29) is 12.5 Å². The summed E-state index contributed by atoms with van der Waals surface area (Å²) in [4.78, 5) is 24.6. The summed E-state index contributed by atoms with van der Waals surface area (Å²) < 4.78 is 0. The highest BCUT2D eigenvalue weighted by molar-refractivity contribution is 5.94. The van der Waals surface area contributed by atoms with E-state index in [0.29, 0.717) is 18.5 Å². The Kier molecular flexibility index (Phi) is 4.99. The number of β-amino-alcohol motifs (C(OH)–C–C–N with tert-alkyl or cyclic N) is 1. The summed E-state index contributed by atoms with van der Waals surface area (Å²) in [6.45, 7) is 3.55. The zero-order chi connectivity index (χ0) is 17.9. The number of nitrogens with zero attached hydrogens (tertiary/aromatic N) is 4. The standard InChI is InChI=1S/C19H24N4O2/c1-15-4-6-16(7-5-15)18(24)22(2)13-19(25)8-3-11-23(14-19)17-12-20-9-10-21-17/h4-7,9-10,12,25H,3,8,11,13-14H2,1-2H3/t19-/m0/s1. The van der Waals surface area contributed by atoms with E-state index in [2.05, 4.69) is 9.97 Å². The molecule has 1 amide bonds. The number of rotatable bonds is 4. The fourth-order valence-corrected chi connectivity index (χ4v) is 3.32. The van der Waals surface area contributed by atoms with E-state index >= 15 is 0 Å². The van der Waals surface area contributed by atoms with E-state index < -0.39 is 5.60 Å². The van der Waals surface area contributed by atoms with Crippen LogP contribution in [0.1, 0.15) is 28.8 Å². The van der Waals surface area contributed by atoms with Gasteiger partial charge in [0.1, 0.15) is 5.82 Å². The number of benzene rings is 1. The van der Waals surface area contributed by atoms with Crippen molar-refractivity contribution < 1.29 is 9.90 Å². The molecule has 0 radical (unpaired) electrons. The van der Waals surface area contributed by atoms with E-state index in [4.69, 9.17) is 0 Å². The van der Waals surface area contributed by atoms with Crippen LogP contribution in [0.2, 0.25) is 0 Å². The normalized spacial score (nSPS) is 20.4. The Hall–Kier alpha value is -2.47. The molecule has 2 heterocycles. The molecule has 1 saturated heterocycles. The maximum atomic E-state index is 12.6. The zero-order valence-electron chi connectivity index (χ0n) is 14.7. The van der Waals surface area contributed by atoms with Crippen LogP contribution in [0.4, 0.5) is 5.82 Å². The van der Waals surface area contributed by atoms with Gasteiger partial charge in [-0.15, -0.1) is 0 Å². The van der Waals surface area contributed by atoms with Gasteiger partial charge in [0.25, 0.3) is 5.91 Å². The van der Waals surface area contributed by atoms with Gasteiger partial charge in [-0.1, -0.05) is 17.7 Å². The second-order valence-electron chi connectivity index (χ2n) is 6.84. The number of carbonyl (C=O) groups is 1. The number of aliphatic hydroxyl groups is 1. The van der Waals surface area contributed by atoms with Crippen LogP contribution in [0.5, 0.6) is 0 Å². The third-order valence-electron chi connectivity index (χ3n) is 4.61. The lowest BCUT2D eigenvalue weighted by Gasteiger charge is -2.41. The van der Waals surface area contributed by atoms with Crippen LogP contribution >= 0.6 is 0 Å². The van der Waals surface area contributed by atoms with Crippen LogP contribution in [-0.4, -0.2) is 58.2 Å². The Bertz CT molecular complexity index is 720. The first kappa shape index (κ1) is 17.4. The van der Waals surface area contributed by atoms with Crippen molar-refractivity contribution in [3.05, 3.63) is 54.0 Å². The number of aryl methyl sites for hydroxylation is 1. The van der Waals surface area contributed by atoms with Crippen molar-refractivity contribution >= 4 is 11.7 Å². The van der Waals surface area contributed by atoms with Crippen molar-refractivity contribution in [2.45, 2.75) is 25.4 Å². The van der Waals surface area contributed by atoms with Gasteiger partial charge in [-0.2, -0.15) is 0 Å². The molecule has 25 heavy (non-hydrogen) atoms. The average molecular weight is 340 g/mol. The minimum atomic E-state index is -0.953. The average Bonchev–Trinajstić information content (AvgIpc) is 2.62. The van der Waals surface area contributed by atoms with Gasteiger partial charge in [-0.3, -0.25) is 9.78 Å². The van der Waals surface area contributed by atoms with Gasteiger partial charge in [-0.25, -0.2) is 4.98 Å². The van der Waals surface area contributed by atoms with Crippen molar-refractivity contribution in [1.29, 1.82) is 0 Å². The molecule has 1 N–H and O–H groups in total. The monoisotopic (exact) mass is 340 g/mol. The topological polar surface area (TPSA) is 69.6 Å². The molecule has 1 aliphatic rings. The lowest BCUT2D eigenvalue weighted by atomic mass is 9.92. The van der Waals surface area contributed by atoms with Gasteiger partial charge >= 0.3 is 0 Å². The van der Waals surface area contributed by atoms with Crippen LogP contribution < -0.4 is 4.90 Å². The molecular formula is C19H24N4O2. The van der Waals surface area contributed by atoms with Gasteiger partial charge in [0.15, 0.2) is 0 Å². The predicted octanol–water partition coefficient (Wildman–Crippen LogP) is 1.89. The number of hydrogen-bond donors (Lipinski definition) is 1. The Morgan fingerprint density at radius 3 is 2.76 bits per heavy atom. The highest BCUT2D eigenvalue weighted by Gasteiger charge is 2.36. The molecular weight excluding hydrogens is 316 g/mol. The Morgan fingerprint density at radius 2 is 2.08 bits per heavy atom. The van der Waals surface area contributed by atoms with Gasteiger partial charge in [0, 0.05) is 38.1 Å². The highest BCUT2D eigenvalue weighted by atomic mass is 16.3. The fourth-order valence-electron chi connectivity index (χ4n) is 3.32. The summed E-state index contributed by atoms with van der Waals surface area (Å²) in [5.41, 5.74) is 0.799. The second-order valence-corrected chi connectivity index (χ2v) is 6.84. The summed E-state index contributed by atoms with van der Waals surface area (Å²) in [5.74, 6) is 0.679. The van der Waals surface area contributed by atoms with E-state index in [1.165, 1.54) is 0 Å². The molecule has 1 aromatic carbocycles. The number of piperidine rings is 1. The van der Waals surface area contributed by atoms with Crippen molar-refractivity contribution in [1.82, 2.24) is 14.9 Å². The lowest BCUT2D eigenvalue weighted by molar-refractivity contribution is -0.000145. The molecule has 6 nitrogen and oxygen atoms in total. The van der Waals surface area contributed by atoms with Crippen LogP contribution in [0.15, 0.2) is 42.9 Å². The molecule has 0 aliphatic carbocycles. The number of amides is 1. The smallest absolute Gasteiger partial charge is 0.253 e. The molecule has 1 fully saturated rings. The van der Waals surface area contributed by atoms with Crippen molar-refractivity contribution in [3.8, 4) is 0 Å². The van der Waals surface area contributed by atoms with E-state index in [9.17, 15) is 9.90 Å². The molecule has 1 aliphatic heterocycles. The summed E-state index contributed by atoms with van der Waals surface area (Å²) in [7, 11) is 1.74. The second kappa shape index (κ2) is 7.19. The Labute approximate surface area is 148 Å². The first-order valence-corrected chi connectivity index (χ1v) is 8.52. The number of aromatic nitrogens is 2. The number of carbonyl (C=O) groups excluding carboxylic acids is 1. The summed E-state index contributed by atoms with van der Waals surface area (Å²) in [6, 6.07) is 7.49. The molecule has 0 saturated carbocycles. The summed E-state index contributed by atoms with van der Waals surface area (Å²) in [5, 5.41) is 11.0. The zero-order valence-corrected chi connectivity index (χ0v) is 14.7. The lowest BCUT2D eigenvalue weighted by Crippen LogP contribution is -2.54. The quantitative estimate of drug-likeness (QED) is 0.920. The first-order chi connectivity index (χ1) is 12.0. The maximum Gasteiger partial charge on any atom is 0.253 e. The van der Waals surface area contributed by atoms with Crippen LogP contribution in [0, 0.1) is 6.92 Å². The summed E-state index contributed by atoms with van der Waals surface area (Å²) >= 11 is 0. The first-order valence-electron chi connectivity index (χ1n) is 8.52. The van der Waals surface area contributed by atoms with Crippen LogP contribution in [-0.2, 0) is 0 Å². The van der Waals surface area contributed by atoms with Gasteiger partial charge in [0.05, 0.1) is 18.3 Å². The molecule has 1 atom stereocenters. The molecule has 0 spiro atoms. The van der Waals surface area contributed by atoms with Crippen LogP contribution in [0.25, 0.3) is 0 Å². The minimum absolute atomic E-state index is 0.0787. The molecule has 132 valence electrons. The number of hydrogen-bond acceptors (Lipinski definition) is 5. The molecule has 2 aromatic rings. The SMILES string of the molecule is Cc1ccc(C(=O)N(C)C[C@@]2(O)CCCN(c3cnccn3)C2)cc1. The number of likely N-dealkylation sites (N-methyl/N-ethyl adjacent to an activating group) is 1.